The van der Waals surface area contributed by atoms with Gasteiger partial charge in [-0.2, -0.15) is 0 Å². The number of nitrogens with two attached hydrogens (primary N) is 1. The quantitative estimate of drug-likeness (QED) is 0.740. The number of carbonyl (C=O) groups is 1. The van der Waals surface area contributed by atoms with Gasteiger partial charge >= 0.3 is 6.09 Å². The van der Waals surface area contributed by atoms with Gasteiger partial charge in [0.2, 0.25) is 0 Å². The molecular weight excluding hydrogens is 351 g/mol. The number of benzene rings is 1. The third-order valence-corrected chi connectivity index (χ3v) is 3.75. The zero-order chi connectivity index (χ0) is 19.8. The van der Waals surface area contributed by atoms with Gasteiger partial charge in [-0.15, -0.1) is 0 Å². The molecule has 0 saturated heterocycles. The van der Waals surface area contributed by atoms with Gasteiger partial charge in [-0.1, -0.05) is 0 Å². The first kappa shape index (κ1) is 20.0. The first-order valence-corrected chi connectivity index (χ1v) is 7.94. The number of aliphatic imine (C=N–C) groups is 1. The summed E-state index contributed by atoms with van der Waals surface area (Å²) in [5, 5.41) is 2.29. The highest BCUT2D eigenvalue weighted by Crippen LogP contribution is 2.44. The number of nitrogens with one attached hydrogen (secondary N) is 1. The van der Waals surface area contributed by atoms with Crippen LogP contribution in [0.25, 0.3) is 0 Å². The highest BCUT2D eigenvalue weighted by Gasteiger charge is 2.54. The number of hydrogen-bond acceptors (Lipinski definition) is 5. The van der Waals surface area contributed by atoms with Crippen molar-refractivity contribution in [3.8, 4) is 0 Å². The summed E-state index contributed by atoms with van der Waals surface area (Å²) in [6, 6.07) is 3.36. The summed E-state index contributed by atoms with van der Waals surface area (Å²) in [4.78, 5) is 15.9. The predicted molar refractivity (Wildman–Crippen MR) is 90.7 cm³/mol. The van der Waals surface area contributed by atoms with E-state index in [1.54, 1.807) is 20.8 Å². The van der Waals surface area contributed by atoms with Crippen LogP contribution in [0.1, 0.15) is 33.3 Å². The van der Waals surface area contributed by atoms with Crippen LogP contribution in [0.5, 0.6) is 0 Å². The Morgan fingerprint density at radius 3 is 2.65 bits per heavy atom. The third kappa shape index (κ3) is 4.27. The number of ether oxygens (including phenoxy) is 2. The number of anilines is 1. The molecule has 1 aliphatic rings. The SMILES string of the molecule is CC(C)(C)OC(=O)NC1=NC(C)(c2cc(N)ccc2F)C(F)(F)COC1. The van der Waals surface area contributed by atoms with Crippen molar-refractivity contribution in [2.75, 3.05) is 18.9 Å². The monoisotopic (exact) mass is 373 g/mol. The van der Waals surface area contributed by atoms with Crippen LogP contribution in [0.2, 0.25) is 0 Å². The van der Waals surface area contributed by atoms with Crippen molar-refractivity contribution in [2.45, 2.75) is 44.8 Å². The maximum Gasteiger partial charge on any atom is 0.413 e. The summed E-state index contributed by atoms with van der Waals surface area (Å²) in [6.45, 7) is 4.64. The lowest BCUT2D eigenvalue weighted by atomic mass is 9.85. The van der Waals surface area contributed by atoms with E-state index < -0.39 is 41.1 Å². The number of amides is 1. The van der Waals surface area contributed by atoms with Crippen molar-refractivity contribution in [3.63, 3.8) is 0 Å². The van der Waals surface area contributed by atoms with Crippen molar-refractivity contribution < 1.29 is 27.4 Å². The van der Waals surface area contributed by atoms with E-state index in [-0.39, 0.29) is 18.1 Å². The Morgan fingerprint density at radius 1 is 1.38 bits per heavy atom. The minimum Gasteiger partial charge on any atom is -0.444 e. The lowest BCUT2D eigenvalue weighted by Crippen LogP contribution is -2.45. The minimum absolute atomic E-state index is 0.112. The van der Waals surface area contributed by atoms with Crippen LogP contribution in [0.15, 0.2) is 23.2 Å². The van der Waals surface area contributed by atoms with E-state index in [0.717, 1.165) is 19.1 Å². The Hall–Kier alpha value is -2.29. The molecule has 1 aromatic carbocycles. The molecule has 1 amide bonds. The lowest BCUT2D eigenvalue weighted by molar-refractivity contribution is -0.116. The smallest absolute Gasteiger partial charge is 0.413 e. The summed E-state index contributed by atoms with van der Waals surface area (Å²) >= 11 is 0. The molecule has 1 aromatic rings. The number of nitrogens with zero attached hydrogens (tertiary/aromatic N) is 1. The van der Waals surface area contributed by atoms with E-state index in [2.05, 4.69) is 10.3 Å². The number of rotatable bonds is 1. The molecule has 1 unspecified atom stereocenters. The van der Waals surface area contributed by atoms with Crippen LogP contribution in [0, 0.1) is 5.82 Å². The molecule has 1 heterocycles. The summed E-state index contributed by atoms with van der Waals surface area (Å²) < 4.78 is 53.7. The molecular formula is C17H22F3N3O3. The Balaban J connectivity index is 2.45. The van der Waals surface area contributed by atoms with Gasteiger partial charge in [-0.05, 0) is 45.9 Å². The second-order valence-corrected chi connectivity index (χ2v) is 7.19. The molecule has 144 valence electrons. The molecule has 0 aromatic heterocycles. The maximum absolute atomic E-state index is 14.7. The molecule has 2 rings (SSSR count). The normalized spacial score (nSPS) is 23.0. The summed E-state index contributed by atoms with van der Waals surface area (Å²) in [5.74, 6) is -4.62. The van der Waals surface area contributed by atoms with Crippen LogP contribution in [-0.2, 0) is 15.0 Å². The molecule has 0 saturated carbocycles. The van der Waals surface area contributed by atoms with Crippen molar-refractivity contribution in [3.05, 3.63) is 29.6 Å². The number of carbonyl (C=O) groups excluding carboxylic acids is 1. The van der Waals surface area contributed by atoms with Gasteiger partial charge in [0.25, 0.3) is 5.92 Å². The van der Waals surface area contributed by atoms with Crippen molar-refractivity contribution in [1.82, 2.24) is 5.32 Å². The van der Waals surface area contributed by atoms with Gasteiger partial charge in [0.15, 0.2) is 5.54 Å². The fraction of sp³-hybridized carbons (Fsp3) is 0.529. The second kappa shape index (κ2) is 6.79. The number of nitrogen functional groups attached to an aromatic ring is 1. The van der Waals surface area contributed by atoms with E-state index in [0.29, 0.717) is 0 Å². The highest BCUT2D eigenvalue weighted by atomic mass is 19.3. The number of alkyl halides is 2. The number of hydrogen-bond donors (Lipinski definition) is 2. The lowest BCUT2D eigenvalue weighted by Gasteiger charge is -2.33. The van der Waals surface area contributed by atoms with Crippen LogP contribution < -0.4 is 11.1 Å². The zero-order valence-electron chi connectivity index (χ0n) is 15.0. The average Bonchev–Trinajstić information content (AvgIpc) is 2.57. The van der Waals surface area contributed by atoms with Crippen LogP contribution in [0.3, 0.4) is 0 Å². The van der Waals surface area contributed by atoms with E-state index in [9.17, 15) is 18.0 Å². The third-order valence-electron chi connectivity index (χ3n) is 3.75. The fourth-order valence-electron chi connectivity index (χ4n) is 2.46. The molecule has 0 spiro atoms. The number of amidine groups is 1. The first-order chi connectivity index (χ1) is 11.8. The van der Waals surface area contributed by atoms with E-state index in [1.165, 1.54) is 6.07 Å². The van der Waals surface area contributed by atoms with Gasteiger partial charge in [-0.25, -0.2) is 18.0 Å². The molecule has 0 radical (unpaired) electrons. The predicted octanol–water partition coefficient (Wildman–Crippen LogP) is 3.21. The van der Waals surface area contributed by atoms with Gasteiger partial charge in [0.05, 0.1) is 0 Å². The number of alkyl carbamates (subject to hydrolysis) is 1. The van der Waals surface area contributed by atoms with E-state index >= 15 is 0 Å². The Kier molecular flexibility index (Phi) is 5.23. The van der Waals surface area contributed by atoms with Crippen molar-refractivity contribution >= 4 is 17.6 Å². The van der Waals surface area contributed by atoms with Gasteiger partial charge in [0, 0.05) is 11.3 Å². The average molecular weight is 373 g/mol. The second-order valence-electron chi connectivity index (χ2n) is 7.19. The summed E-state index contributed by atoms with van der Waals surface area (Å²) in [5.41, 5.74) is 2.23. The molecule has 9 heteroatoms. The standard InChI is InChI=1S/C17H22F3N3O3/c1-15(2,3)26-14(24)22-13-8-25-9-17(19,20)16(4,23-13)11-7-10(21)5-6-12(11)18/h5-7H,8-9,21H2,1-4H3,(H,22,23,24). The van der Waals surface area contributed by atoms with Gasteiger partial charge in [-0.3, -0.25) is 10.3 Å². The van der Waals surface area contributed by atoms with Crippen LogP contribution in [-0.4, -0.2) is 36.7 Å². The molecule has 1 aliphatic heterocycles. The fourth-order valence-corrected chi connectivity index (χ4v) is 2.46. The van der Waals surface area contributed by atoms with Crippen molar-refractivity contribution in [1.29, 1.82) is 0 Å². The maximum atomic E-state index is 14.7. The molecule has 1 atom stereocenters. The van der Waals surface area contributed by atoms with E-state index in [4.69, 9.17) is 15.2 Å². The largest absolute Gasteiger partial charge is 0.444 e. The Morgan fingerprint density at radius 2 is 2.04 bits per heavy atom. The Labute approximate surface area is 149 Å². The summed E-state index contributed by atoms with van der Waals surface area (Å²) in [6.07, 6.45) is -0.875. The number of halogens is 3. The molecule has 26 heavy (non-hydrogen) atoms. The van der Waals surface area contributed by atoms with Crippen LogP contribution in [0.4, 0.5) is 23.7 Å². The molecule has 0 bridgehead atoms. The molecule has 0 fully saturated rings. The van der Waals surface area contributed by atoms with E-state index in [1.807, 2.05) is 0 Å². The van der Waals surface area contributed by atoms with Crippen LogP contribution >= 0.6 is 0 Å². The topological polar surface area (TPSA) is 85.9 Å². The van der Waals surface area contributed by atoms with Crippen molar-refractivity contribution in [2.24, 2.45) is 4.99 Å². The van der Waals surface area contributed by atoms with Gasteiger partial charge < -0.3 is 15.2 Å². The molecule has 3 N–H and O–H groups in total. The summed E-state index contributed by atoms with van der Waals surface area (Å²) in [7, 11) is 0. The molecule has 6 nitrogen and oxygen atoms in total. The first-order valence-electron chi connectivity index (χ1n) is 7.94. The Bertz CT molecular complexity index is 732. The zero-order valence-corrected chi connectivity index (χ0v) is 15.0. The molecule has 0 aliphatic carbocycles. The minimum atomic E-state index is -3.54. The highest BCUT2D eigenvalue weighted by molar-refractivity contribution is 5.96. The van der Waals surface area contributed by atoms with Gasteiger partial charge in [0.1, 0.15) is 30.5 Å².